The quantitative estimate of drug-likeness (QED) is 0.807. The summed E-state index contributed by atoms with van der Waals surface area (Å²) in [6, 6.07) is 9.09. The van der Waals surface area contributed by atoms with E-state index in [-0.39, 0.29) is 6.04 Å². The van der Waals surface area contributed by atoms with Crippen LogP contribution in [0.3, 0.4) is 0 Å². The summed E-state index contributed by atoms with van der Waals surface area (Å²) in [5.74, 6) is 0. The van der Waals surface area contributed by atoms with E-state index in [9.17, 15) is 5.11 Å². The molecule has 2 heterocycles. The molecular formula is C16H24N2O. The highest BCUT2D eigenvalue weighted by Gasteiger charge is 2.43. The van der Waals surface area contributed by atoms with Gasteiger partial charge in [-0.05, 0) is 50.9 Å². The van der Waals surface area contributed by atoms with E-state index in [2.05, 4.69) is 48.5 Å². The number of hydrogen-bond donors (Lipinski definition) is 2. The number of aliphatic hydroxyl groups is 1. The van der Waals surface area contributed by atoms with Gasteiger partial charge in [0.2, 0.25) is 0 Å². The number of benzene rings is 1. The maximum Gasteiger partial charge on any atom is 0.0868 e. The Bertz CT molecular complexity index is 462. The van der Waals surface area contributed by atoms with Crippen LogP contribution in [0.2, 0.25) is 0 Å². The number of rotatable bonds is 1. The Morgan fingerprint density at radius 3 is 2.95 bits per heavy atom. The molecule has 0 amide bonds. The first-order valence-corrected chi connectivity index (χ1v) is 7.34. The summed E-state index contributed by atoms with van der Waals surface area (Å²) in [5.41, 5.74) is 2.09. The van der Waals surface area contributed by atoms with Crippen LogP contribution in [0.15, 0.2) is 24.3 Å². The van der Waals surface area contributed by atoms with Crippen molar-refractivity contribution < 1.29 is 5.11 Å². The van der Waals surface area contributed by atoms with Gasteiger partial charge in [0, 0.05) is 12.6 Å². The van der Waals surface area contributed by atoms with Crippen molar-refractivity contribution in [1.82, 2.24) is 10.2 Å². The van der Waals surface area contributed by atoms with Crippen molar-refractivity contribution >= 4 is 0 Å². The second-order valence-corrected chi connectivity index (χ2v) is 6.22. The molecule has 0 saturated carbocycles. The van der Waals surface area contributed by atoms with Gasteiger partial charge in [-0.25, -0.2) is 0 Å². The average molecular weight is 260 g/mol. The Balaban J connectivity index is 1.90. The van der Waals surface area contributed by atoms with Gasteiger partial charge in [0.1, 0.15) is 0 Å². The van der Waals surface area contributed by atoms with Gasteiger partial charge in [-0.15, -0.1) is 0 Å². The van der Waals surface area contributed by atoms with Crippen LogP contribution in [-0.2, 0) is 6.42 Å². The molecule has 19 heavy (non-hydrogen) atoms. The number of piperidine rings is 1. The van der Waals surface area contributed by atoms with Gasteiger partial charge in [0.15, 0.2) is 0 Å². The number of nitrogens with one attached hydrogen (secondary N) is 1. The van der Waals surface area contributed by atoms with Gasteiger partial charge in [-0.3, -0.25) is 0 Å². The Morgan fingerprint density at radius 1 is 1.37 bits per heavy atom. The lowest BCUT2D eigenvalue weighted by molar-refractivity contribution is -0.0655. The first-order valence-electron chi connectivity index (χ1n) is 7.34. The Kier molecular flexibility index (Phi) is 3.37. The molecule has 0 spiro atoms. The summed E-state index contributed by atoms with van der Waals surface area (Å²) in [6.45, 7) is 4.14. The van der Waals surface area contributed by atoms with E-state index >= 15 is 0 Å². The summed E-state index contributed by atoms with van der Waals surface area (Å²) in [7, 11) is 2.15. The average Bonchev–Trinajstić information content (AvgIpc) is 2.43. The zero-order valence-electron chi connectivity index (χ0n) is 11.9. The zero-order chi connectivity index (χ0) is 13.5. The molecule has 3 nitrogen and oxygen atoms in total. The number of nitrogens with zero attached hydrogens (tertiary/aromatic N) is 1. The van der Waals surface area contributed by atoms with E-state index in [1.807, 2.05) is 0 Å². The molecule has 1 saturated heterocycles. The summed E-state index contributed by atoms with van der Waals surface area (Å²) in [5, 5.41) is 14.7. The number of hydrogen-bond acceptors (Lipinski definition) is 3. The van der Waals surface area contributed by atoms with Crippen molar-refractivity contribution in [3.63, 3.8) is 0 Å². The molecule has 3 atom stereocenters. The monoisotopic (exact) mass is 260 g/mol. The van der Waals surface area contributed by atoms with Crippen LogP contribution < -0.4 is 5.32 Å². The maximum absolute atomic E-state index is 11.1. The van der Waals surface area contributed by atoms with E-state index in [1.165, 1.54) is 11.1 Å². The molecule has 1 aromatic carbocycles. The Hall–Kier alpha value is -0.900. The Morgan fingerprint density at radius 2 is 2.16 bits per heavy atom. The minimum Gasteiger partial charge on any atom is -0.388 e. The first kappa shape index (κ1) is 13.1. The second-order valence-electron chi connectivity index (χ2n) is 6.22. The van der Waals surface area contributed by atoms with E-state index in [0.29, 0.717) is 6.04 Å². The van der Waals surface area contributed by atoms with Crippen molar-refractivity contribution in [2.45, 2.75) is 43.9 Å². The molecule has 2 N–H and O–H groups in total. The van der Waals surface area contributed by atoms with Gasteiger partial charge in [0.25, 0.3) is 0 Å². The van der Waals surface area contributed by atoms with Crippen molar-refractivity contribution in [1.29, 1.82) is 0 Å². The fraction of sp³-hybridized carbons (Fsp3) is 0.625. The largest absolute Gasteiger partial charge is 0.388 e. The van der Waals surface area contributed by atoms with Crippen LogP contribution in [0.5, 0.6) is 0 Å². The minimum absolute atomic E-state index is 0.0913. The van der Waals surface area contributed by atoms with Crippen molar-refractivity contribution in [3.8, 4) is 0 Å². The summed E-state index contributed by atoms with van der Waals surface area (Å²) >= 11 is 0. The second kappa shape index (κ2) is 4.89. The van der Waals surface area contributed by atoms with Crippen molar-refractivity contribution in [2.75, 3.05) is 20.1 Å². The van der Waals surface area contributed by atoms with Crippen molar-refractivity contribution in [2.24, 2.45) is 0 Å². The predicted molar refractivity (Wildman–Crippen MR) is 77.2 cm³/mol. The van der Waals surface area contributed by atoms with E-state index in [1.54, 1.807) is 0 Å². The molecule has 0 radical (unpaired) electrons. The van der Waals surface area contributed by atoms with Crippen LogP contribution in [0, 0.1) is 0 Å². The fourth-order valence-corrected chi connectivity index (χ4v) is 3.61. The first-order chi connectivity index (χ1) is 9.10. The van der Waals surface area contributed by atoms with E-state index in [4.69, 9.17) is 0 Å². The van der Waals surface area contributed by atoms with Crippen LogP contribution in [0.1, 0.15) is 36.9 Å². The summed E-state index contributed by atoms with van der Waals surface area (Å²) in [6.07, 6.45) is 2.76. The smallest absolute Gasteiger partial charge is 0.0868 e. The standard InChI is InChI=1S/C16H24N2O/c1-12-11-16(19,8-10-18(12)2)15-14-6-4-3-5-13(14)7-9-17-15/h3-6,12,15,17,19H,7-11H2,1-2H3. The zero-order valence-corrected chi connectivity index (χ0v) is 11.9. The lowest BCUT2D eigenvalue weighted by atomic mass is 9.75. The van der Waals surface area contributed by atoms with Gasteiger partial charge in [-0.1, -0.05) is 24.3 Å². The Labute approximate surface area is 115 Å². The summed E-state index contributed by atoms with van der Waals surface area (Å²) < 4.78 is 0. The minimum atomic E-state index is -0.609. The van der Waals surface area contributed by atoms with Crippen LogP contribution in [0.25, 0.3) is 0 Å². The molecule has 3 unspecified atom stereocenters. The molecule has 3 rings (SSSR count). The van der Waals surface area contributed by atoms with Gasteiger partial charge < -0.3 is 15.3 Å². The fourth-order valence-electron chi connectivity index (χ4n) is 3.61. The molecule has 1 aromatic rings. The highest BCUT2D eigenvalue weighted by atomic mass is 16.3. The number of likely N-dealkylation sites (tertiary alicyclic amines) is 1. The molecule has 0 aromatic heterocycles. The molecule has 1 fully saturated rings. The third-order valence-corrected chi connectivity index (χ3v) is 4.95. The maximum atomic E-state index is 11.1. The van der Waals surface area contributed by atoms with Crippen molar-refractivity contribution in [3.05, 3.63) is 35.4 Å². The lowest BCUT2D eigenvalue weighted by Gasteiger charge is -2.47. The van der Waals surface area contributed by atoms with E-state index in [0.717, 1.165) is 32.4 Å². The topological polar surface area (TPSA) is 35.5 Å². The van der Waals surface area contributed by atoms with Gasteiger partial charge in [-0.2, -0.15) is 0 Å². The highest BCUT2D eigenvalue weighted by molar-refractivity contribution is 5.34. The van der Waals surface area contributed by atoms with Crippen LogP contribution in [-0.4, -0.2) is 41.8 Å². The third-order valence-electron chi connectivity index (χ3n) is 4.95. The van der Waals surface area contributed by atoms with E-state index < -0.39 is 5.60 Å². The normalized spacial score (nSPS) is 35.9. The van der Waals surface area contributed by atoms with Gasteiger partial charge >= 0.3 is 0 Å². The highest BCUT2D eigenvalue weighted by Crippen LogP contribution is 2.39. The third kappa shape index (κ3) is 2.31. The van der Waals surface area contributed by atoms with Crippen LogP contribution >= 0.6 is 0 Å². The van der Waals surface area contributed by atoms with Crippen LogP contribution in [0.4, 0.5) is 0 Å². The SMILES string of the molecule is CC1CC(O)(C2NCCc3ccccc32)CCN1C. The molecule has 104 valence electrons. The lowest BCUT2D eigenvalue weighted by Crippen LogP contribution is -2.55. The molecule has 0 aliphatic carbocycles. The molecule has 0 bridgehead atoms. The predicted octanol–water partition coefficient (Wildman–Crippen LogP) is 1.72. The summed E-state index contributed by atoms with van der Waals surface area (Å²) in [4.78, 5) is 2.34. The molecule has 3 heteroatoms. The van der Waals surface area contributed by atoms with Gasteiger partial charge in [0.05, 0.1) is 11.6 Å². The molecule has 2 aliphatic heterocycles. The molecule has 2 aliphatic rings. The number of fused-ring (bicyclic) bond motifs is 1. The molecular weight excluding hydrogens is 236 g/mol.